The molecule has 0 aliphatic heterocycles. The maximum atomic E-state index is 12.7. The third kappa shape index (κ3) is 18.2. The van der Waals surface area contributed by atoms with Gasteiger partial charge in [0, 0.05) is 58.4 Å². The average Bonchev–Trinajstić information content (AvgIpc) is 3.22. The van der Waals surface area contributed by atoms with E-state index in [9.17, 15) is 38.4 Å². The number of hydrogen-bond acceptors (Lipinski definition) is 24. The van der Waals surface area contributed by atoms with E-state index < -0.39 is 112 Å². The lowest BCUT2D eigenvalue weighted by Crippen LogP contribution is -2.18. The average molecular weight is 1250 g/mol. The second-order valence-electron chi connectivity index (χ2n) is 16.7. The standard InChI is InChI=1S/C56H54Cl4O24/c1-69-47(61)21-77-39-17-43(81-25-51(65)73-5)35(57)13-31(39)55(32-14-36(58)44(82-26-52(66)74-6)18-40(32)78-22-48(62)70-2)29-9-11-30(12-10-29)56(33-15-37(59)45(83-27-53(67)75-7)19-41(33)79-23-49(63)71-3)34-16-38(60)46(84-28-54(68)76-8)20-42(34)80-24-50(64)72-4/h9-20,55-56H,21-28H2,1-8H3. The molecule has 0 N–H and O–H groups in total. The van der Waals surface area contributed by atoms with Crippen molar-refractivity contribution < 1.29 is 114 Å². The highest BCUT2D eigenvalue weighted by Gasteiger charge is 2.32. The van der Waals surface area contributed by atoms with Crippen LogP contribution in [-0.2, 0) is 76.3 Å². The van der Waals surface area contributed by atoms with Crippen molar-refractivity contribution in [2.75, 3.05) is 110 Å². The summed E-state index contributed by atoms with van der Waals surface area (Å²) in [6, 6.07) is 17.4. The Labute approximate surface area is 499 Å². The molecule has 0 aliphatic carbocycles. The van der Waals surface area contributed by atoms with Crippen molar-refractivity contribution in [1.82, 2.24) is 0 Å². The van der Waals surface area contributed by atoms with Gasteiger partial charge in [0.1, 0.15) is 46.0 Å². The molecular formula is C56H54Cl4O24. The van der Waals surface area contributed by atoms with Gasteiger partial charge in [0.05, 0.1) is 77.0 Å². The zero-order chi connectivity index (χ0) is 61.6. The topological polar surface area (TPSA) is 284 Å². The molecular weight excluding hydrogens is 1200 g/mol. The molecule has 5 rings (SSSR count). The summed E-state index contributed by atoms with van der Waals surface area (Å²) in [6.45, 7) is -5.08. The van der Waals surface area contributed by atoms with Crippen molar-refractivity contribution in [1.29, 1.82) is 0 Å². The molecule has 5 aromatic carbocycles. The lowest BCUT2D eigenvalue weighted by atomic mass is 9.80. The van der Waals surface area contributed by atoms with Crippen molar-refractivity contribution in [3.05, 3.63) is 126 Å². The number of halogens is 4. The molecule has 0 aromatic heterocycles. The summed E-state index contributed by atoms with van der Waals surface area (Å²) < 4.78 is 85.7. The van der Waals surface area contributed by atoms with Gasteiger partial charge in [0.25, 0.3) is 0 Å². The van der Waals surface area contributed by atoms with Crippen LogP contribution in [0, 0.1) is 0 Å². The van der Waals surface area contributed by atoms with Crippen molar-refractivity contribution in [2.24, 2.45) is 0 Å². The molecule has 0 fully saturated rings. The minimum absolute atomic E-state index is 0.0780. The summed E-state index contributed by atoms with van der Waals surface area (Å²) in [5.74, 6) is -9.35. The van der Waals surface area contributed by atoms with Gasteiger partial charge in [0.15, 0.2) is 52.9 Å². The van der Waals surface area contributed by atoms with Crippen LogP contribution in [0.2, 0.25) is 20.1 Å². The van der Waals surface area contributed by atoms with Crippen LogP contribution in [0.25, 0.3) is 0 Å². The largest absolute Gasteiger partial charge is 0.481 e. The van der Waals surface area contributed by atoms with Crippen LogP contribution in [-0.4, -0.2) is 157 Å². The predicted octanol–water partition coefficient (Wildman–Crippen LogP) is 7.08. The van der Waals surface area contributed by atoms with Crippen LogP contribution < -0.4 is 37.9 Å². The predicted molar refractivity (Wildman–Crippen MR) is 294 cm³/mol. The number of methoxy groups -OCH3 is 8. The molecule has 84 heavy (non-hydrogen) atoms. The fourth-order valence-electron chi connectivity index (χ4n) is 7.54. The lowest BCUT2D eigenvalue weighted by molar-refractivity contribution is -0.143. The molecule has 0 radical (unpaired) electrons. The van der Waals surface area contributed by atoms with E-state index in [1.54, 1.807) is 24.3 Å². The highest BCUT2D eigenvalue weighted by Crippen LogP contribution is 2.50. The number of carbonyl (C=O) groups excluding carboxylic acids is 8. The van der Waals surface area contributed by atoms with Gasteiger partial charge < -0.3 is 75.8 Å². The van der Waals surface area contributed by atoms with Crippen LogP contribution in [0.1, 0.15) is 45.2 Å². The Bertz CT molecular complexity index is 2810. The van der Waals surface area contributed by atoms with Gasteiger partial charge in [-0.2, -0.15) is 0 Å². The van der Waals surface area contributed by atoms with Crippen molar-refractivity contribution in [2.45, 2.75) is 11.8 Å². The van der Waals surface area contributed by atoms with Crippen LogP contribution in [0.15, 0.2) is 72.8 Å². The Morgan fingerprint density at radius 1 is 0.274 bits per heavy atom. The lowest BCUT2D eigenvalue weighted by Gasteiger charge is -2.27. The molecule has 450 valence electrons. The molecule has 0 amide bonds. The van der Waals surface area contributed by atoms with Gasteiger partial charge in [-0.15, -0.1) is 0 Å². The Balaban J connectivity index is 1.93. The van der Waals surface area contributed by atoms with Crippen molar-refractivity contribution >= 4 is 94.2 Å². The number of carbonyl (C=O) groups is 8. The molecule has 0 saturated heterocycles. The van der Waals surface area contributed by atoms with E-state index in [4.69, 9.17) is 122 Å². The smallest absolute Gasteiger partial charge is 0.343 e. The maximum absolute atomic E-state index is 12.7. The molecule has 0 unspecified atom stereocenters. The van der Waals surface area contributed by atoms with E-state index in [0.29, 0.717) is 11.1 Å². The van der Waals surface area contributed by atoms with Gasteiger partial charge in [-0.1, -0.05) is 70.7 Å². The number of esters is 8. The number of hydrogen-bond donors (Lipinski definition) is 0. The molecule has 0 atom stereocenters. The van der Waals surface area contributed by atoms with E-state index in [2.05, 4.69) is 0 Å². The zero-order valence-electron chi connectivity index (χ0n) is 46.0. The normalized spacial score (nSPS) is 10.6. The quantitative estimate of drug-likeness (QED) is 0.0252. The summed E-state index contributed by atoms with van der Waals surface area (Å²) in [6.07, 6.45) is 0. The zero-order valence-corrected chi connectivity index (χ0v) is 49.1. The van der Waals surface area contributed by atoms with E-state index in [1.807, 2.05) is 0 Å². The third-order valence-corrected chi connectivity index (χ3v) is 12.9. The van der Waals surface area contributed by atoms with E-state index in [1.165, 1.54) is 48.5 Å². The summed E-state index contributed by atoms with van der Waals surface area (Å²) in [5, 5.41) is -0.360. The van der Waals surface area contributed by atoms with Gasteiger partial charge in [-0.05, 0) is 35.4 Å². The Kier molecular flexibility index (Phi) is 25.5. The fourth-order valence-corrected chi connectivity index (χ4v) is 8.45. The number of benzene rings is 5. The van der Waals surface area contributed by atoms with Crippen molar-refractivity contribution in [3.63, 3.8) is 0 Å². The number of rotatable bonds is 30. The first kappa shape index (κ1) is 66.2. The second kappa shape index (κ2) is 32.3. The molecule has 0 bridgehead atoms. The molecule has 24 nitrogen and oxygen atoms in total. The molecule has 28 heteroatoms. The third-order valence-electron chi connectivity index (χ3n) is 11.7. The fraction of sp³-hybridized carbons (Fsp3) is 0.321. The molecule has 0 aliphatic rings. The Morgan fingerprint density at radius 3 is 0.583 bits per heavy atom. The monoisotopic (exact) mass is 1250 g/mol. The van der Waals surface area contributed by atoms with Gasteiger partial charge in [0.2, 0.25) is 0 Å². The van der Waals surface area contributed by atoms with Crippen molar-refractivity contribution in [3.8, 4) is 46.0 Å². The SMILES string of the molecule is COC(=O)COc1cc(OCC(=O)OC)c(C(c2ccc(C(c3cc(Cl)c(OCC(=O)OC)cc3OCC(=O)OC)c3cc(Cl)c(OCC(=O)OC)cc3OCC(=O)OC)cc2)c2cc(Cl)c(OCC(=O)OC)cc2OCC(=O)OC)cc1Cl. The minimum atomic E-state index is -1.18. The number of ether oxygens (including phenoxy) is 16. The second-order valence-corrected chi connectivity index (χ2v) is 18.4. The van der Waals surface area contributed by atoms with Crippen LogP contribution >= 0.6 is 46.4 Å². The first-order valence-electron chi connectivity index (χ1n) is 24.2. The summed E-state index contributed by atoms with van der Waals surface area (Å²) in [7, 11) is 9.15. The van der Waals surface area contributed by atoms with E-state index in [-0.39, 0.29) is 88.3 Å². The van der Waals surface area contributed by atoms with Gasteiger partial charge in [-0.25, -0.2) is 38.4 Å². The first-order valence-corrected chi connectivity index (χ1v) is 25.7. The van der Waals surface area contributed by atoms with Crippen LogP contribution in [0.3, 0.4) is 0 Å². The first-order chi connectivity index (χ1) is 40.2. The molecule has 0 saturated carbocycles. The molecule has 5 aromatic rings. The van der Waals surface area contributed by atoms with Gasteiger partial charge in [-0.3, -0.25) is 0 Å². The Morgan fingerprint density at radius 2 is 0.429 bits per heavy atom. The van der Waals surface area contributed by atoms with Crippen LogP contribution in [0.5, 0.6) is 46.0 Å². The van der Waals surface area contributed by atoms with Crippen LogP contribution in [0.4, 0.5) is 0 Å². The molecule has 0 spiro atoms. The minimum Gasteiger partial charge on any atom is -0.481 e. The maximum Gasteiger partial charge on any atom is 0.343 e. The van der Waals surface area contributed by atoms with E-state index in [0.717, 1.165) is 56.9 Å². The summed E-state index contributed by atoms with van der Waals surface area (Å²) in [5.41, 5.74) is 1.37. The highest BCUT2D eigenvalue weighted by molar-refractivity contribution is 6.33. The highest BCUT2D eigenvalue weighted by atomic mass is 35.5. The summed E-state index contributed by atoms with van der Waals surface area (Å²) in [4.78, 5) is 99.9. The summed E-state index contributed by atoms with van der Waals surface area (Å²) >= 11 is 27.8. The van der Waals surface area contributed by atoms with E-state index >= 15 is 0 Å². The van der Waals surface area contributed by atoms with Gasteiger partial charge >= 0.3 is 47.8 Å². The Hall–Kier alpha value is -8.58. The molecule has 0 heterocycles.